The molecule has 0 spiro atoms. The van der Waals surface area contributed by atoms with Crippen LogP contribution in [0.15, 0.2) is 18.2 Å². The lowest BCUT2D eigenvalue weighted by atomic mass is 10.1. The fourth-order valence-corrected chi connectivity index (χ4v) is 2.28. The van der Waals surface area contributed by atoms with Crippen molar-refractivity contribution >= 4 is 23.2 Å². The number of benzene rings is 1. The Kier molecular flexibility index (Phi) is 4.53. The van der Waals surface area contributed by atoms with Gasteiger partial charge in [0.1, 0.15) is 6.04 Å². The number of ether oxygens (including phenoxy) is 1. The molecular formula is C12H14ClN3O4. The summed E-state index contributed by atoms with van der Waals surface area (Å²) in [6, 6.07) is 3.69. The van der Waals surface area contributed by atoms with Crippen molar-refractivity contribution in [2.75, 3.05) is 19.8 Å². The number of non-ortho nitro benzene ring substituents is 1. The van der Waals surface area contributed by atoms with E-state index in [1.807, 2.05) is 4.90 Å². The highest BCUT2D eigenvalue weighted by Crippen LogP contribution is 2.24. The Hall–Kier alpha value is -1.70. The molecule has 108 valence electrons. The lowest BCUT2D eigenvalue weighted by molar-refractivity contribution is -0.384. The predicted molar refractivity (Wildman–Crippen MR) is 72.3 cm³/mol. The third-order valence-corrected chi connectivity index (χ3v) is 3.55. The third-order valence-electron chi connectivity index (χ3n) is 3.18. The number of amides is 1. The Morgan fingerprint density at radius 3 is 3.00 bits per heavy atom. The summed E-state index contributed by atoms with van der Waals surface area (Å²) < 4.78 is 5.22. The largest absolute Gasteiger partial charge is 0.378 e. The molecule has 7 nitrogen and oxygen atoms in total. The van der Waals surface area contributed by atoms with E-state index in [1.165, 1.54) is 18.2 Å². The van der Waals surface area contributed by atoms with E-state index in [9.17, 15) is 14.9 Å². The second-order valence-corrected chi connectivity index (χ2v) is 4.90. The fraction of sp³-hybridized carbons (Fsp3) is 0.417. The minimum atomic E-state index is -0.543. The van der Waals surface area contributed by atoms with Crippen molar-refractivity contribution in [3.05, 3.63) is 38.9 Å². The summed E-state index contributed by atoms with van der Waals surface area (Å²) in [4.78, 5) is 23.5. The van der Waals surface area contributed by atoms with Crippen LogP contribution in [0.1, 0.15) is 5.56 Å². The van der Waals surface area contributed by atoms with Crippen molar-refractivity contribution in [1.29, 1.82) is 0 Å². The number of halogens is 1. The Balaban J connectivity index is 2.21. The molecule has 8 heteroatoms. The zero-order valence-electron chi connectivity index (χ0n) is 10.6. The second-order valence-electron chi connectivity index (χ2n) is 4.50. The first-order valence-electron chi connectivity index (χ1n) is 6.03. The van der Waals surface area contributed by atoms with E-state index in [4.69, 9.17) is 22.1 Å². The van der Waals surface area contributed by atoms with Gasteiger partial charge in [-0.05, 0) is 11.6 Å². The highest BCUT2D eigenvalue weighted by molar-refractivity contribution is 6.31. The van der Waals surface area contributed by atoms with Crippen LogP contribution in [0, 0.1) is 10.1 Å². The number of nitro groups is 1. The van der Waals surface area contributed by atoms with E-state index in [-0.39, 0.29) is 12.3 Å². The minimum absolute atomic E-state index is 0.0340. The third kappa shape index (κ3) is 3.24. The first kappa shape index (κ1) is 14.7. The van der Waals surface area contributed by atoms with E-state index in [0.29, 0.717) is 30.3 Å². The lowest BCUT2D eigenvalue weighted by Crippen LogP contribution is -2.51. The standard InChI is InChI=1S/C12H14ClN3O4/c13-10-2-1-9(16(18)19)5-8(10)6-15-3-4-20-7-11(15)12(14)17/h1-2,5,11H,3-4,6-7H2,(H2,14,17). The number of carbonyl (C=O) groups is 1. The van der Waals surface area contributed by atoms with E-state index < -0.39 is 16.9 Å². The molecule has 1 atom stereocenters. The van der Waals surface area contributed by atoms with Crippen LogP contribution < -0.4 is 5.73 Å². The molecule has 1 aliphatic heterocycles. The number of hydrogen-bond donors (Lipinski definition) is 1. The van der Waals surface area contributed by atoms with E-state index >= 15 is 0 Å². The minimum Gasteiger partial charge on any atom is -0.378 e. The molecule has 1 aromatic rings. The average molecular weight is 300 g/mol. The van der Waals surface area contributed by atoms with E-state index in [0.717, 1.165) is 0 Å². The molecule has 0 radical (unpaired) electrons. The molecule has 1 aliphatic rings. The summed E-state index contributed by atoms with van der Waals surface area (Å²) in [7, 11) is 0. The number of primary amides is 1. The van der Waals surface area contributed by atoms with E-state index in [2.05, 4.69) is 0 Å². The van der Waals surface area contributed by atoms with E-state index in [1.54, 1.807) is 0 Å². The molecule has 2 N–H and O–H groups in total. The van der Waals surface area contributed by atoms with Crippen LogP contribution in [0.2, 0.25) is 5.02 Å². The molecule has 0 aromatic heterocycles. The molecule has 1 amide bonds. The molecule has 1 heterocycles. The molecule has 1 saturated heterocycles. The first-order chi connectivity index (χ1) is 9.49. The number of rotatable bonds is 4. The van der Waals surface area contributed by atoms with Crippen molar-refractivity contribution in [3.63, 3.8) is 0 Å². The van der Waals surface area contributed by atoms with Gasteiger partial charge in [-0.25, -0.2) is 0 Å². The van der Waals surface area contributed by atoms with Crippen molar-refractivity contribution in [2.24, 2.45) is 5.73 Å². The predicted octanol–water partition coefficient (Wildman–Crippen LogP) is 0.934. The maximum Gasteiger partial charge on any atom is 0.269 e. The topological polar surface area (TPSA) is 98.7 Å². The highest BCUT2D eigenvalue weighted by atomic mass is 35.5. The van der Waals surface area contributed by atoms with Crippen molar-refractivity contribution in [1.82, 2.24) is 4.90 Å². The summed E-state index contributed by atoms with van der Waals surface area (Å²) in [6.45, 7) is 1.54. The molecule has 2 rings (SSSR count). The highest BCUT2D eigenvalue weighted by Gasteiger charge is 2.28. The summed E-state index contributed by atoms with van der Waals surface area (Å²) in [5.41, 5.74) is 5.88. The number of morpholine rings is 1. The number of hydrogen-bond acceptors (Lipinski definition) is 5. The van der Waals surface area contributed by atoms with Gasteiger partial charge in [0.05, 0.1) is 18.1 Å². The maximum absolute atomic E-state index is 11.4. The number of carbonyl (C=O) groups excluding carboxylic acids is 1. The second kappa shape index (κ2) is 6.17. The fourth-order valence-electron chi connectivity index (χ4n) is 2.10. The normalized spacial score (nSPS) is 19.8. The van der Waals surface area contributed by atoms with Gasteiger partial charge in [0, 0.05) is 30.2 Å². The Labute approximate surface area is 120 Å². The van der Waals surface area contributed by atoms with Crippen LogP contribution in [-0.2, 0) is 16.1 Å². The summed E-state index contributed by atoms with van der Waals surface area (Å²) in [6.07, 6.45) is 0. The van der Waals surface area contributed by atoms with Crippen molar-refractivity contribution in [3.8, 4) is 0 Å². The van der Waals surface area contributed by atoms with Gasteiger partial charge in [0.2, 0.25) is 5.91 Å². The molecule has 0 bridgehead atoms. The van der Waals surface area contributed by atoms with Crippen molar-refractivity contribution < 1.29 is 14.5 Å². The molecule has 20 heavy (non-hydrogen) atoms. The number of nitro benzene ring substituents is 1. The first-order valence-corrected chi connectivity index (χ1v) is 6.41. The Morgan fingerprint density at radius 2 is 2.35 bits per heavy atom. The van der Waals surface area contributed by atoms with Gasteiger partial charge < -0.3 is 10.5 Å². The van der Waals surface area contributed by atoms with Crippen LogP contribution in [0.5, 0.6) is 0 Å². The summed E-state index contributed by atoms with van der Waals surface area (Å²) in [5, 5.41) is 11.2. The molecule has 1 fully saturated rings. The molecule has 1 unspecified atom stereocenters. The van der Waals surface area contributed by atoms with Gasteiger partial charge in [0.15, 0.2) is 0 Å². The molecule has 0 saturated carbocycles. The zero-order chi connectivity index (χ0) is 14.7. The van der Waals surface area contributed by atoms with Gasteiger partial charge in [-0.1, -0.05) is 11.6 Å². The lowest BCUT2D eigenvalue weighted by Gasteiger charge is -2.33. The maximum atomic E-state index is 11.4. The van der Waals surface area contributed by atoms with Gasteiger partial charge in [-0.3, -0.25) is 19.8 Å². The Morgan fingerprint density at radius 1 is 1.60 bits per heavy atom. The van der Waals surface area contributed by atoms with Crippen LogP contribution in [0.3, 0.4) is 0 Å². The summed E-state index contributed by atoms with van der Waals surface area (Å²) >= 11 is 6.05. The average Bonchev–Trinajstić information content (AvgIpc) is 2.41. The van der Waals surface area contributed by atoms with Gasteiger partial charge in [-0.2, -0.15) is 0 Å². The number of nitrogens with two attached hydrogens (primary N) is 1. The van der Waals surface area contributed by atoms with Crippen LogP contribution in [0.4, 0.5) is 5.69 Å². The monoisotopic (exact) mass is 299 g/mol. The summed E-state index contributed by atoms with van der Waals surface area (Å²) in [5.74, 6) is -0.480. The zero-order valence-corrected chi connectivity index (χ0v) is 11.4. The van der Waals surface area contributed by atoms with Crippen LogP contribution in [-0.4, -0.2) is 41.5 Å². The van der Waals surface area contributed by atoms with Gasteiger partial charge >= 0.3 is 0 Å². The van der Waals surface area contributed by atoms with Crippen molar-refractivity contribution in [2.45, 2.75) is 12.6 Å². The smallest absolute Gasteiger partial charge is 0.269 e. The number of nitrogens with zero attached hydrogens (tertiary/aromatic N) is 2. The molecule has 0 aliphatic carbocycles. The van der Waals surface area contributed by atoms with Gasteiger partial charge in [-0.15, -0.1) is 0 Å². The quantitative estimate of drug-likeness (QED) is 0.659. The van der Waals surface area contributed by atoms with Crippen LogP contribution >= 0.6 is 11.6 Å². The SMILES string of the molecule is NC(=O)C1COCCN1Cc1cc([N+](=O)[O-])ccc1Cl. The Bertz CT molecular complexity index is 537. The van der Waals surface area contributed by atoms with Crippen LogP contribution in [0.25, 0.3) is 0 Å². The van der Waals surface area contributed by atoms with Gasteiger partial charge in [0.25, 0.3) is 5.69 Å². The molecule has 1 aromatic carbocycles. The molecular weight excluding hydrogens is 286 g/mol.